The van der Waals surface area contributed by atoms with Crippen LogP contribution in [0.3, 0.4) is 0 Å². The maximum atomic E-state index is 12.4. The first-order chi connectivity index (χ1) is 9.58. The Balaban J connectivity index is 2.50. The minimum absolute atomic E-state index is 0.156. The molecule has 20 heavy (non-hydrogen) atoms. The summed E-state index contributed by atoms with van der Waals surface area (Å²) < 4.78 is 11.1. The number of carbonyl (C=O) groups is 1. The number of ether oxygens (including phenoxy) is 2. The number of hydrogen-bond donors (Lipinski definition) is 1. The Morgan fingerprint density at radius 2 is 1.90 bits per heavy atom. The molecule has 104 valence electrons. The molecule has 0 unspecified atom stereocenters. The van der Waals surface area contributed by atoms with Gasteiger partial charge in [0.1, 0.15) is 0 Å². The smallest absolute Gasteiger partial charge is 0.203 e. The number of rotatable bonds is 4. The molecular weight excluding hydrogens is 371 g/mol. The summed E-state index contributed by atoms with van der Waals surface area (Å²) in [6.45, 7) is 0. The predicted octanol–water partition coefficient (Wildman–Crippen LogP) is 3.25. The van der Waals surface area contributed by atoms with Gasteiger partial charge in [0.25, 0.3) is 0 Å². The Bertz CT molecular complexity index is 652. The molecule has 0 aliphatic rings. The molecular formula is C15H13IO4. The number of ketones is 1. The third-order valence-corrected chi connectivity index (χ3v) is 3.52. The fourth-order valence-electron chi connectivity index (χ4n) is 1.88. The maximum absolute atomic E-state index is 12.4. The average molecular weight is 384 g/mol. The second-order valence-corrected chi connectivity index (χ2v) is 5.28. The normalized spacial score (nSPS) is 10.2. The molecule has 2 rings (SSSR count). The first-order valence-corrected chi connectivity index (χ1v) is 6.90. The summed E-state index contributed by atoms with van der Waals surface area (Å²) in [5.74, 6) is 0.0610. The fraction of sp³-hybridized carbons (Fsp3) is 0.133. The zero-order chi connectivity index (χ0) is 14.7. The molecule has 0 amide bonds. The van der Waals surface area contributed by atoms with E-state index in [1.807, 2.05) is 6.07 Å². The van der Waals surface area contributed by atoms with Crippen LogP contribution in [0.1, 0.15) is 15.9 Å². The number of benzene rings is 2. The van der Waals surface area contributed by atoms with Crippen molar-refractivity contribution in [1.82, 2.24) is 0 Å². The fourth-order valence-corrected chi connectivity index (χ4v) is 2.42. The van der Waals surface area contributed by atoms with Gasteiger partial charge in [0.15, 0.2) is 17.3 Å². The second kappa shape index (κ2) is 6.13. The molecule has 2 aromatic carbocycles. The first kappa shape index (κ1) is 14.6. The van der Waals surface area contributed by atoms with E-state index in [0.29, 0.717) is 11.3 Å². The summed E-state index contributed by atoms with van der Waals surface area (Å²) in [7, 11) is 2.88. The van der Waals surface area contributed by atoms with Crippen molar-refractivity contribution in [3.63, 3.8) is 0 Å². The lowest BCUT2D eigenvalue weighted by Gasteiger charge is -2.12. The van der Waals surface area contributed by atoms with Crippen molar-refractivity contribution in [2.45, 2.75) is 0 Å². The molecule has 1 N–H and O–H groups in total. The molecule has 0 heterocycles. The van der Waals surface area contributed by atoms with E-state index in [0.717, 1.165) is 3.57 Å². The third-order valence-electron chi connectivity index (χ3n) is 2.85. The number of methoxy groups -OCH3 is 2. The van der Waals surface area contributed by atoms with Crippen molar-refractivity contribution >= 4 is 28.4 Å². The van der Waals surface area contributed by atoms with Gasteiger partial charge in [0.05, 0.1) is 19.8 Å². The van der Waals surface area contributed by atoms with Crippen LogP contribution in [0.25, 0.3) is 0 Å². The van der Waals surface area contributed by atoms with E-state index in [1.165, 1.54) is 20.3 Å². The predicted molar refractivity (Wildman–Crippen MR) is 83.8 cm³/mol. The minimum atomic E-state index is -0.262. The Hall–Kier alpha value is -1.76. The number of phenols is 1. The summed E-state index contributed by atoms with van der Waals surface area (Å²) >= 11 is 2.13. The van der Waals surface area contributed by atoms with Gasteiger partial charge in [-0.15, -0.1) is 0 Å². The summed E-state index contributed by atoms with van der Waals surface area (Å²) in [6, 6.07) is 10.3. The van der Waals surface area contributed by atoms with E-state index in [2.05, 4.69) is 22.6 Å². The molecule has 0 radical (unpaired) electrons. The highest BCUT2D eigenvalue weighted by molar-refractivity contribution is 14.1. The minimum Gasteiger partial charge on any atom is -0.504 e. The van der Waals surface area contributed by atoms with Gasteiger partial charge in [-0.05, 0) is 46.9 Å². The van der Waals surface area contributed by atoms with E-state index in [4.69, 9.17) is 9.47 Å². The standard InChI is InChI=1S/C15H13IO4/c1-19-12-7-6-11(14(18)15(12)20-2)13(17)9-4-3-5-10(16)8-9/h3-8,18H,1-2H3. The Morgan fingerprint density at radius 3 is 2.50 bits per heavy atom. The van der Waals surface area contributed by atoms with Gasteiger partial charge in [0, 0.05) is 9.13 Å². The SMILES string of the molecule is COc1ccc(C(=O)c2cccc(I)c2)c(O)c1OC. The molecule has 0 aliphatic carbocycles. The van der Waals surface area contributed by atoms with Crippen LogP contribution in [0.4, 0.5) is 0 Å². The van der Waals surface area contributed by atoms with Gasteiger partial charge in [-0.1, -0.05) is 12.1 Å². The molecule has 0 aromatic heterocycles. The van der Waals surface area contributed by atoms with Crippen LogP contribution in [0.15, 0.2) is 36.4 Å². The van der Waals surface area contributed by atoms with Crippen LogP contribution in [-0.4, -0.2) is 25.1 Å². The van der Waals surface area contributed by atoms with Crippen LogP contribution in [0.2, 0.25) is 0 Å². The molecule has 0 aliphatic heterocycles. The molecule has 0 bridgehead atoms. The molecule has 5 heteroatoms. The van der Waals surface area contributed by atoms with Crippen LogP contribution in [0, 0.1) is 3.57 Å². The van der Waals surface area contributed by atoms with E-state index in [-0.39, 0.29) is 22.8 Å². The van der Waals surface area contributed by atoms with E-state index >= 15 is 0 Å². The number of halogens is 1. The van der Waals surface area contributed by atoms with Crippen molar-refractivity contribution in [1.29, 1.82) is 0 Å². The van der Waals surface area contributed by atoms with Gasteiger partial charge in [-0.25, -0.2) is 0 Å². The Morgan fingerprint density at radius 1 is 1.15 bits per heavy atom. The van der Waals surface area contributed by atoms with Crippen LogP contribution in [-0.2, 0) is 0 Å². The highest BCUT2D eigenvalue weighted by Crippen LogP contribution is 2.39. The summed E-state index contributed by atoms with van der Waals surface area (Å²) in [4.78, 5) is 12.4. The first-order valence-electron chi connectivity index (χ1n) is 5.82. The number of phenolic OH excluding ortho intramolecular Hbond substituents is 1. The van der Waals surface area contributed by atoms with Crippen LogP contribution < -0.4 is 9.47 Å². The highest BCUT2D eigenvalue weighted by atomic mass is 127. The van der Waals surface area contributed by atoms with Gasteiger partial charge >= 0.3 is 0 Å². The summed E-state index contributed by atoms with van der Waals surface area (Å²) in [6.07, 6.45) is 0. The monoisotopic (exact) mass is 384 g/mol. The van der Waals surface area contributed by atoms with Gasteiger partial charge < -0.3 is 14.6 Å². The van der Waals surface area contributed by atoms with Crippen molar-refractivity contribution in [2.24, 2.45) is 0 Å². The van der Waals surface area contributed by atoms with Gasteiger partial charge in [0.2, 0.25) is 5.75 Å². The number of aromatic hydroxyl groups is 1. The lowest BCUT2D eigenvalue weighted by Crippen LogP contribution is -2.03. The van der Waals surface area contributed by atoms with E-state index < -0.39 is 0 Å². The van der Waals surface area contributed by atoms with E-state index in [1.54, 1.807) is 24.3 Å². The highest BCUT2D eigenvalue weighted by Gasteiger charge is 2.20. The maximum Gasteiger partial charge on any atom is 0.203 e. The van der Waals surface area contributed by atoms with Crippen molar-refractivity contribution in [3.8, 4) is 17.2 Å². The van der Waals surface area contributed by atoms with Crippen LogP contribution in [0.5, 0.6) is 17.2 Å². The zero-order valence-electron chi connectivity index (χ0n) is 11.0. The molecule has 2 aromatic rings. The summed E-state index contributed by atoms with van der Waals surface area (Å²) in [5.41, 5.74) is 0.698. The third kappa shape index (κ3) is 2.72. The van der Waals surface area contributed by atoms with Gasteiger partial charge in [-0.3, -0.25) is 4.79 Å². The van der Waals surface area contributed by atoms with Gasteiger partial charge in [-0.2, -0.15) is 0 Å². The Labute approximate surface area is 130 Å². The van der Waals surface area contributed by atoms with Crippen molar-refractivity contribution < 1.29 is 19.4 Å². The topological polar surface area (TPSA) is 55.8 Å². The second-order valence-electron chi connectivity index (χ2n) is 4.04. The lowest BCUT2D eigenvalue weighted by molar-refractivity contribution is 0.103. The molecule has 0 atom stereocenters. The zero-order valence-corrected chi connectivity index (χ0v) is 13.2. The number of hydrogen-bond acceptors (Lipinski definition) is 4. The molecule has 0 spiro atoms. The number of carbonyl (C=O) groups excluding carboxylic acids is 1. The summed E-state index contributed by atoms with van der Waals surface area (Å²) in [5, 5.41) is 10.2. The lowest BCUT2D eigenvalue weighted by atomic mass is 10.0. The molecule has 0 saturated heterocycles. The quantitative estimate of drug-likeness (QED) is 0.650. The molecule has 4 nitrogen and oxygen atoms in total. The van der Waals surface area contributed by atoms with Crippen molar-refractivity contribution in [3.05, 3.63) is 51.1 Å². The largest absolute Gasteiger partial charge is 0.504 e. The van der Waals surface area contributed by atoms with Crippen molar-refractivity contribution in [2.75, 3.05) is 14.2 Å². The Kier molecular flexibility index (Phi) is 4.49. The van der Waals surface area contributed by atoms with Crippen LogP contribution >= 0.6 is 22.6 Å². The molecule has 0 saturated carbocycles. The van der Waals surface area contributed by atoms with E-state index in [9.17, 15) is 9.90 Å². The average Bonchev–Trinajstić information content (AvgIpc) is 2.46. The molecule has 0 fully saturated rings.